The summed E-state index contributed by atoms with van der Waals surface area (Å²) in [5.41, 5.74) is 8.75. The highest BCUT2D eigenvalue weighted by molar-refractivity contribution is 5.48. The number of hydrogen-bond acceptors (Lipinski definition) is 2. The molecule has 1 aromatic carbocycles. The lowest BCUT2D eigenvalue weighted by molar-refractivity contribution is 0.507. The molecule has 21 heavy (non-hydrogen) atoms. The average Bonchev–Trinajstić information content (AvgIpc) is 2.47. The van der Waals surface area contributed by atoms with Crippen molar-refractivity contribution in [1.82, 2.24) is 0 Å². The minimum atomic E-state index is 0.279. The van der Waals surface area contributed by atoms with Crippen molar-refractivity contribution < 1.29 is 0 Å². The van der Waals surface area contributed by atoms with Crippen molar-refractivity contribution in [3.05, 3.63) is 29.8 Å². The molecule has 0 amide bonds. The highest BCUT2D eigenvalue weighted by atomic mass is 15.2. The molecule has 0 saturated heterocycles. The fourth-order valence-corrected chi connectivity index (χ4v) is 2.86. The second kappa shape index (κ2) is 9.09. The second-order valence-electron chi connectivity index (χ2n) is 6.56. The van der Waals surface area contributed by atoms with Gasteiger partial charge < -0.3 is 10.6 Å². The van der Waals surface area contributed by atoms with E-state index < -0.39 is 0 Å². The van der Waals surface area contributed by atoms with E-state index in [4.69, 9.17) is 5.73 Å². The molecule has 2 N–H and O–H groups in total. The predicted molar refractivity (Wildman–Crippen MR) is 95.0 cm³/mol. The zero-order valence-electron chi connectivity index (χ0n) is 14.6. The van der Waals surface area contributed by atoms with E-state index in [0.717, 1.165) is 19.4 Å². The Morgan fingerprint density at radius 1 is 0.952 bits per heavy atom. The van der Waals surface area contributed by atoms with E-state index in [1.807, 2.05) is 0 Å². The maximum atomic E-state index is 6.05. The van der Waals surface area contributed by atoms with E-state index in [-0.39, 0.29) is 6.04 Å². The van der Waals surface area contributed by atoms with E-state index >= 15 is 0 Å². The van der Waals surface area contributed by atoms with Gasteiger partial charge in [-0.1, -0.05) is 46.8 Å². The molecule has 2 nitrogen and oxygen atoms in total. The van der Waals surface area contributed by atoms with Crippen LogP contribution in [0.25, 0.3) is 0 Å². The minimum Gasteiger partial charge on any atom is -0.368 e. The molecule has 0 radical (unpaired) electrons. The van der Waals surface area contributed by atoms with Crippen LogP contribution >= 0.6 is 0 Å². The van der Waals surface area contributed by atoms with E-state index in [2.05, 4.69) is 63.8 Å². The maximum Gasteiger partial charge on any atom is 0.0368 e. The zero-order valence-corrected chi connectivity index (χ0v) is 14.6. The topological polar surface area (TPSA) is 29.3 Å². The first kappa shape index (κ1) is 18.0. The van der Waals surface area contributed by atoms with Crippen LogP contribution in [0.5, 0.6) is 0 Å². The molecule has 1 rings (SSSR count). The van der Waals surface area contributed by atoms with Gasteiger partial charge >= 0.3 is 0 Å². The lowest BCUT2D eigenvalue weighted by atomic mass is 10.0. The molecule has 0 aromatic heterocycles. The summed E-state index contributed by atoms with van der Waals surface area (Å²) in [4.78, 5) is 2.58. The van der Waals surface area contributed by atoms with E-state index in [1.165, 1.54) is 24.1 Å². The normalized spacial score (nSPS) is 13.0. The number of nitrogens with zero attached hydrogens (tertiary/aromatic N) is 1. The summed E-state index contributed by atoms with van der Waals surface area (Å²) < 4.78 is 0. The molecule has 0 aliphatic carbocycles. The Balaban J connectivity index is 2.87. The smallest absolute Gasteiger partial charge is 0.0368 e. The molecule has 1 unspecified atom stereocenters. The van der Waals surface area contributed by atoms with Gasteiger partial charge in [-0.2, -0.15) is 0 Å². The minimum absolute atomic E-state index is 0.279. The summed E-state index contributed by atoms with van der Waals surface area (Å²) in [6.07, 6.45) is 4.41. The fraction of sp³-hybridized carbons (Fsp3) is 0.684. The Morgan fingerprint density at radius 2 is 1.52 bits per heavy atom. The zero-order chi connectivity index (χ0) is 15.8. The predicted octanol–water partition coefficient (Wildman–Crippen LogP) is 4.62. The summed E-state index contributed by atoms with van der Waals surface area (Å²) >= 11 is 0. The van der Waals surface area contributed by atoms with Crippen LogP contribution in [0, 0.1) is 5.92 Å². The highest BCUT2D eigenvalue weighted by Gasteiger charge is 2.17. The van der Waals surface area contributed by atoms with Crippen LogP contribution in [0.2, 0.25) is 0 Å². The largest absolute Gasteiger partial charge is 0.368 e. The molecule has 0 fully saturated rings. The third kappa shape index (κ3) is 5.70. The van der Waals surface area contributed by atoms with Crippen molar-refractivity contribution in [3.63, 3.8) is 0 Å². The van der Waals surface area contributed by atoms with Gasteiger partial charge in [0.1, 0.15) is 0 Å². The van der Waals surface area contributed by atoms with Crippen LogP contribution in [0.15, 0.2) is 24.3 Å². The van der Waals surface area contributed by atoms with Gasteiger partial charge in [0.05, 0.1) is 0 Å². The van der Waals surface area contributed by atoms with Gasteiger partial charge in [0.25, 0.3) is 0 Å². The molecular formula is C19H34N2. The van der Waals surface area contributed by atoms with Crippen molar-refractivity contribution in [2.45, 2.75) is 72.4 Å². The van der Waals surface area contributed by atoms with E-state index in [9.17, 15) is 0 Å². The van der Waals surface area contributed by atoms with Gasteiger partial charge in [-0.3, -0.25) is 0 Å². The summed E-state index contributed by atoms with van der Waals surface area (Å²) in [6, 6.07) is 9.97. The van der Waals surface area contributed by atoms with Crippen molar-refractivity contribution in [1.29, 1.82) is 0 Å². The summed E-state index contributed by atoms with van der Waals surface area (Å²) in [7, 11) is 0. The molecular weight excluding hydrogens is 256 g/mol. The van der Waals surface area contributed by atoms with E-state index in [0.29, 0.717) is 12.0 Å². The molecule has 0 saturated carbocycles. The molecule has 1 atom stereocenters. The van der Waals surface area contributed by atoms with Gasteiger partial charge in [-0.05, 0) is 49.3 Å². The lowest BCUT2D eigenvalue weighted by Crippen LogP contribution is -2.37. The van der Waals surface area contributed by atoms with Crippen LogP contribution in [-0.2, 0) is 6.42 Å². The molecule has 0 heterocycles. The summed E-state index contributed by atoms with van der Waals surface area (Å²) in [6.45, 7) is 12.4. The first-order chi connectivity index (χ1) is 10.0. The summed E-state index contributed by atoms with van der Waals surface area (Å²) in [5, 5.41) is 0. The summed E-state index contributed by atoms with van der Waals surface area (Å²) in [5.74, 6) is 0.679. The van der Waals surface area contributed by atoms with Crippen molar-refractivity contribution in [3.8, 4) is 0 Å². The molecule has 120 valence electrons. The Hall–Kier alpha value is -1.02. The first-order valence-corrected chi connectivity index (χ1v) is 8.62. The molecule has 0 aliphatic rings. The van der Waals surface area contributed by atoms with E-state index in [1.54, 1.807) is 0 Å². The van der Waals surface area contributed by atoms with Crippen LogP contribution in [0.3, 0.4) is 0 Å². The number of rotatable bonds is 9. The Kier molecular flexibility index (Phi) is 7.81. The number of anilines is 1. The molecule has 0 aliphatic heterocycles. The second-order valence-corrected chi connectivity index (χ2v) is 6.56. The Labute approximate surface area is 131 Å². The maximum absolute atomic E-state index is 6.05. The SMILES string of the molecule is CCC(N)Cc1ccc(N(CC(C)C)C(CC)CC)cc1. The van der Waals surface area contributed by atoms with Crippen LogP contribution in [0.1, 0.15) is 59.4 Å². The monoisotopic (exact) mass is 290 g/mol. The van der Waals surface area contributed by atoms with Gasteiger partial charge in [-0.25, -0.2) is 0 Å². The number of benzene rings is 1. The van der Waals surface area contributed by atoms with Gasteiger partial charge in [0.15, 0.2) is 0 Å². The quantitative estimate of drug-likeness (QED) is 0.719. The van der Waals surface area contributed by atoms with Crippen LogP contribution in [-0.4, -0.2) is 18.6 Å². The highest BCUT2D eigenvalue weighted by Crippen LogP contribution is 2.23. The molecule has 2 heteroatoms. The fourth-order valence-electron chi connectivity index (χ4n) is 2.86. The van der Waals surface area contributed by atoms with Gasteiger partial charge in [0.2, 0.25) is 0 Å². The third-order valence-corrected chi connectivity index (χ3v) is 4.24. The average molecular weight is 290 g/mol. The van der Waals surface area contributed by atoms with Crippen LogP contribution in [0.4, 0.5) is 5.69 Å². The molecule has 1 aromatic rings. The number of hydrogen-bond donors (Lipinski definition) is 1. The van der Waals surface area contributed by atoms with Gasteiger partial charge in [-0.15, -0.1) is 0 Å². The first-order valence-electron chi connectivity index (χ1n) is 8.62. The molecule has 0 spiro atoms. The van der Waals surface area contributed by atoms with Gasteiger partial charge in [0, 0.05) is 24.3 Å². The van der Waals surface area contributed by atoms with Crippen molar-refractivity contribution >= 4 is 5.69 Å². The third-order valence-electron chi connectivity index (χ3n) is 4.24. The van der Waals surface area contributed by atoms with Crippen molar-refractivity contribution in [2.24, 2.45) is 11.7 Å². The van der Waals surface area contributed by atoms with Crippen molar-refractivity contribution in [2.75, 3.05) is 11.4 Å². The number of nitrogens with two attached hydrogens (primary N) is 1. The lowest BCUT2D eigenvalue weighted by Gasteiger charge is -2.34. The molecule has 0 bridgehead atoms. The Morgan fingerprint density at radius 3 is 1.95 bits per heavy atom. The van der Waals surface area contributed by atoms with Crippen LogP contribution < -0.4 is 10.6 Å². The Bertz CT molecular complexity index is 379. The standard InChI is InChI=1S/C19H34N2/c1-6-17(20)13-16-9-11-19(12-10-16)21(14-15(4)5)18(7-2)8-3/h9-12,15,17-18H,6-8,13-14,20H2,1-5H3.